The molecular weight excluding hydrogens is 450 g/mol. The summed E-state index contributed by atoms with van der Waals surface area (Å²) < 4.78 is 0. The van der Waals surface area contributed by atoms with E-state index in [1.807, 2.05) is 67.6 Å². The number of rotatable bonds is 6. The number of nitrogens with one attached hydrogen (secondary N) is 1. The third-order valence-electron chi connectivity index (χ3n) is 7.14. The third-order valence-corrected chi connectivity index (χ3v) is 7.14. The van der Waals surface area contributed by atoms with Crippen LogP contribution >= 0.6 is 0 Å². The fraction of sp³-hybridized carbons (Fsp3) is 0.267. The van der Waals surface area contributed by atoms with E-state index in [4.69, 9.17) is 0 Å². The van der Waals surface area contributed by atoms with Crippen molar-refractivity contribution in [3.05, 3.63) is 108 Å². The highest BCUT2D eigenvalue weighted by Gasteiger charge is 2.54. The van der Waals surface area contributed by atoms with Gasteiger partial charge in [0.05, 0.1) is 17.6 Å². The molecule has 36 heavy (non-hydrogen) atoms. The molecule has 2 amide bonds. The number of hydrogen-bond donors (Lipinski definition) is 2. The lowest BCUT2D eigenvalue weighted by Crippen LogP contribution is -2.55. The van der Waals surface area contributed by atoms with Gasteiger partial charge in [-0.25, -0.2) is 9.91 Å². The van der Waals surface area contributed by atoms with Crippen molar-refractivity contribution < 1.29 is 14.7 Å². The first-order chi connectivity index (χ1) is 17.4. The van der Waals surface area contributed by atoms with Gasteiger partial charge in [-0.15, -0.1) is 0 Å². The highest BCUT2D eigenvalue weighted by atomic mass is 16.3. The number of aliphatic hydroxyl groups excluding tert-OH is 1. The van der Waals surface area contributed by atoms with E-state index in [0.717, 1.165) is 16.8 Å². The Kier molecular flexibility index (Phi) is 6.48. The summed E-state index contributed by atoms with van der Waals surface area (Å²) in [5, 5.41) is 13.3. The number of hydrogen-bond acceptors (Lipinski definition) is 5. The van der Waals surface area contributed by atoms with Crippen molar-refractivity contribution in [2.45, 2.75) is 44.9 Å². The number of anilines is 2. The van der Waals surface area contributed by atoms with E-state index in [0.29, 0.717) is 11.6 Å². The molecule has 0 saturated carbocycles. The number of hydrazine groups is 1. The molecule has 6 heteroatoms. The molecule has 2 aliphatic rings. The van der Waals surface area contributed by atoms with Crippen molar-refractivity contribution >= 4 is 23.2 Å². The topological polar surface area (TPSA) is 72.9 Å². The monoisotopic (exact) mass is 481 g/mol. The van der Waals surface area contributed by atoms with Gasteiger partial charge in [0, 0.05) is 5.69 Å². The Hall–Kier alpha value is -3.74. The van der Waals surface area contributed by atoms with E-state index in [1.165, 1.54) is 10.5 Å². The molecule has 0 spiro atoms. The van der Waals surface area contributed by atoms with Gasteiger partial charge >= 0.3 is 0 Å². The second-order valence-electron chi connectivity index (χ2n) is 9.79. The molecule has 0 aromatic heterocycles. The Morgan fingerprint density at radius 2 is 1.50 bits per heavy atom. The lowest BCUT2D eigenvalue weighted by atomic mass is 9.89. The molecule has 0 bridgehead atoms. The van der Waals surface area contributed by atoms with E-state index in [9.17, 15) is 14.7 Å². The standard InChI is InChI=1S/C30H31N3O3/c1-19(2)21-13-15-22(16-14-21)31-33-26(28(34)24-12-8-7-9-20(24)3)18-17-25-27(33)30(36)32(29(25)35)23-10-5-4-6-11-23/h4-19,25-28,31,34H,1-3H3. The molecule has 0 radical (unpaired) electrons. The number of carbonyl (C=O) groups is 2. The van der Waals surface area contributed by atoms with Crippen molar-refractivity contribution in [3.8, 4) is 0 Å². The van der Waals surface area contributed by atoms with E-state index >= 15 is 0 Å². The lowest BCUT2D eigenvalue weighted by Gasteiger charge is -2.41. The van der Waals surface area contributed by atoms with Crippen LogP contribution in [0, 0.1) is 12.8 Å². The molecule has 5 rings (SSSR count). The molecular formula is C30H31N3O3. The quantitative estimate of drug-likeness (QED) is 0.384. The smallest absolute Gasteiger partial charge is 0.254 e. The van der Waals surface area contributed by atoms with Gasteiger partial charge in [-0.05, 0) is 53.8 Å². The van der Waals surface area contributed by atoms with Crippen molar-refractivity contribution in [1.29, 1.82) is 0 Å². The second-order valence-corrected chi connectivity index (χ2v) is 9.79. The zero-order valence-corrected chi connectivity index (χ0v) is 20.7. The number of carbonyl (C=O) groups excluding carboxylic acids is 2. The maximum atomic E-state index is 13.8. The Morgan fingerprint density at radius 1 is 0.833 bits per heavy atom. The number of amides is 2. The normalized spacial score (nSPS) is 22.7. The molecule has 4 atom stereocenters. The minimum absolute atomic E-state index is 0.266. The van der Waals surface area contributed by atoms with Gasteiger partial charge in [0.2, 0.25) is 5.91 Å². The molecule has 2 N–H and O–H groups in total. The van der Waals surface area contributed by atoms with E-state index in [1.54, 1.807) is 23.2 Å². The molecule has 1 saturated heterocycles. The molecule has 0 aliphatic carbocycles. The molecule has 4 unspecified atom stereocenters. The summed E-state index contributed by atoms with van der Waals surface area (Å²) in [7, 11) is 0. The largest absolute Gasteiger partial charge is 0.386 e. The number of aliphatic hydroxyl groups is 1. The SMILES string of the molecule is Cc1ccccc1C(O)C1C=CC2C(=O)N(c3ccccc3)C(=O)C2N1Nc1ccc(C(C)C)cc1. The van der Waals surface area contributed by atoms with Crippen molar-refractivity contribution in [1.82, 2.24) is 5.01 Å². The number of benzene rings is 3. The van der Waals surface area contributed by atoms with E-state index in [-0.39, 0.29) is 11.8 Å². The van der Waals surface area contributed by atoms with Crippen molar-refractivity contribution in [2.75, 3.05) is 10.3 Å². The zero-order chi connectivity index (χ0) is 25.4. The van der Waals surface area contributed by atoms with Gasteiger partial charge in [0.15, 0.2) is 0 Å². The first kappa shape index (κ1) is 24.0. The van der Waals surface area contributed by atoms with Gasteiger partial charge in [-0.1, -0.05) is 80.6 Å². The molecule has 3 aromatic carbocycles. The van der Waals surface area contributed by atoms with Crippen LogP contribution in [0.1, 0.15) is 42.6 Å². The Morgan fingerprint density at radius 3 is 2.17 bits per heavy atom. The predicted molar refractivity (Wildman–Crippen MR) is 141 cm³/mol. The van der Waals surface area contributed by atoms with Crippen LogP contribution < -0.4 is 10.3 Å². The number of para-hydroxylation sites is 1. The van der Waals surface area contributed by atoms with Crippen LogP contribution in [-0.2, 0) is 9.59 Å². The van der Waals surface area contributed by atoms with Crippen molar-refractivity contribution in [3.63, 3.8) is 0 Å². The summed E-state index contributed by atoms with van der Waals surface area (Å²) in [5.74, 6) is -0.835. The predicted octanol–water partition coefficient (Wildman–Crippen LogP) is 4.98. The average molecular weight is 482 g/mol. The maximum Gasteiger partial charge on any atom is 0.254 e. The molecule has 3 aromatic rings. The van der Waals surface area contributed by atoms with Crippen LogP contribution in [0.2, 0.25) is 0 Å². The minimum atomic E-state index is -0.903. The van der Waals surface area contributed by atoms with Crippen molar-refractivity contribution in [2.24, 2.45) is 5.92 Å². The summed E-state index contributed by atoms with van der Waals surface area (Å²) in [4.78, 5) is 28.4. The third kappa shape index (κ3) is 4.23. The number of fused-ring (bicyclic) bond motifs is 1. The van der Waals surface area contributed by atoms with Crippen LogP contribution in [0.25, 0.3) is 0 Å². The zero-order valence-electron chi connectivity index (χ0n) is 20.7. The highest BCUT2D eigenvalue weighted by Crippen LogP contribution is 2.38. The van der Waals surface area contributed by atoms with E-state index < -0.39 is 24.1 Å². The van der Waals surface area contributed by atoms with Gasteiger partial charge in [0.1, 0.15) is 12.1 Å². The Balaban J connectivity index is 1.54. The van der Waals surface area contributed by atoms with Gasteiger partial charge in [0.25, 0.3) is 5.91 Å². The Labute approximate surface area is 211 Å². The number of aryl methyl sites for hydroxylation is 1. The Bertz CT molecular complexity index is 1290. The number of nitrogens with zero attached hydrogens (tertiary/aromatic N) is 2. The van der Waals surface area contributed by atoms with Gasteiger partial charge < -0.3 is 10.5 Å². The van der Waals surface area contributed by atoms with Gasteiger partial charge in [-0.2, -0.15) is 0 Å². The van der Waals surface area contributed by atoms with Crippen LogP contribution in [0.15, 0.2) is 91.0 Å². The molecule has 2 heterocycles. The van der Waals surface area contributed by atoms with Crippen LogP contribution in [0.5, 0.6) is 0 Å². The fourth-order valence-electron chi connectivity index (χ4n) is 5.10. The summed E-state index contributed by atoms with van der Waals surface area (Å²) >= 11 is 0. The van der Waals surface area contributed by atoms with Crippen LogP contribution in [-0.4, -0.2) is 34.0 Å². The van der Waals surface area contributed by atoms with Gasteiger partial charge in [-0.3, -0.25) is 9.59 Å². The molecule has 2 aliphatic heterocycles. The highest BCUT2D eigenvalue weighted by molar-refractivity contribution is 6.24. The summed E-state index contributed by atoms with van der Waals surface area (Å²) in [5.41, 5.74) is 7.66. The minimum Gasteiger partial charge on any atom is -0.386 e. The first-order valence-electron chi connectivity index (χ1n) is 12.4. The number of imide groups is 1. The first-order valence-corrected chi connectivity index (χ1v) is 12.4. The molecule has 6 nitrogen and oxygen atoms in total. The lowest BCUT2D eigenvalue weighted by molar-refractivity contribution is -0.123. The van der Waals surface area contributed by atoms with Crippen LogP contribution in [0.3, 0.4) is 0 Å². The van der Waals surface area contributed by atoms with Crippen LogP contribution in [0.4, 0.5) is 11.4 Å². The maximum absolute atomic E-state index is 13.8. The average Bonchev–Trinajstić information content (AvgIpc) is 3.15. The summed E-state index contributed by atoms with van der Waals surface area (Å²) in [6.07, 6.45) is 2.72. The fourth-order valence-corrected chi connectivity index (χ4v) is 5.10. The molecule has 184 valence electrons. The van der Waals surface area contributed by atoms with E-state index in [2.05, 4.69) is 31.4 Å². The summed E-state index contributed by atoms with van der Waals surface area (Å²) in [6.45, 7) is 6.23. The summed E-state index contributed by atoms with van der Waals surface area (Å²) in [6, 6.07) is 23.4. The molecule has 1 fully saturated rings. The second kappa shape index (κ2) is 9.72.